The van der Waals surface area contributed by atoms with Gasteiger partial charge in [-0.05, 0) is 18.6 Å². The predicted octanol–water partition coefficient (Wildman–Crippen LogP) is 0.152. The molecule has 1 aromatic heterocycles. The minimum absolute atomic E-state index is 0.0691. The maximum absolute atomic E-state index is 11.6. The van der Waals surface area contributed by atoms with E-state index in [4.69, 9.17) is 5.73 Å². The summed E-state index contributed by atoms with van der Waals surface area (Å²) in [5, 5.41) is 9.31. The van der Waals surface area contributed by atoms with E-state index in [1.165, 1.54) is 0 Å². The molecule has 0 aliphatic carbocycles. The van der Waals surface area contributed by atoms with Crippen LogP contribution >= 0.6 is 0 Å². The molecular weight excluding hydrogens is 194 g/mol. The molecule has 5 nitrogen and oxygen atoms in total. The van der Waals surface area contributed by atoms with Crippen molar-refractivity contribution in [2.45, 2.75) is 18.9 Å². The first-order chi connectivity index (χ1) is 7.16. The smallest absolute Gasteiger partial charge is 0.229 e. The fourth-order valence-corrected chi connectivity index (χ4v) is 1.65. The van der Waals surface area contributed by atoms with Crippen LogP contribution in [0.2, 0.25) is 0 Å². The minimum Gasteiger partial charge on any atom is -0.393 e. The molecule has 15 heavy (non-hydrogen) atoms. The van der Waals surface area contributed by atoms with Crippen molar-refractivity contribution in [2.24, 2.45) is 0 Å². The molecule has 5 heteroatoms. The van der Waals surface area contributed by atoms with E-state index in [1.54, 1.807) is 23.2 Å². The van der Waals surface area contributed by atoms with E-state index in [0.29, 0.717) is 18.8 Å². The number of amides is 1. The average molecular weight is 207 g/mol. The number of nitrogens with two attached hydrogens (primary N) is 1. The third-order valence-electron chi connectivity index (χ3n) is 2.48. The largest absolute Gasteiger partial charge is 0.393 e. The number of nitrogen functional groups attached to an aromatic ring is 1. The topological polar surface area (TPSA) is 79.5 Å². The van der Waals surface area contributed by atoms with Crippen LogP contribution in [0.4, 0.5) is 11.5 Å². The molecule has 1 aromatic rings. The van der Waals surface area contributed by atoms with Gasteiger partial charge in [0.25, 0.3) is 0 Å². The van der Waals surface area contributed by atoms with Crippen molar-refractivity contribution in [1.29, 1.82) is 0 Å². The number of pyridine rings is 1. The summed E-state index contributed by atoms with van der Waals surface area (Å²) in [6.07, 6.45) is 1.86. The maximum atomic E-state index is 11.6. The Bertz CT molecular complexity index is 363. The Kier molecular flexibility index (Phi) is 2.55. The number of anilines is 2. The van der Waals surface area contributed by atoms with Crippen molar-refractivity contribution in [1.82, 2.24) is 4.98 Å². The Labute approximate surface area is 87.5 Å². The third-order valence-corrected chi connectivity index (χ3v) is 2.48. The lowest BCUT2D eigenvalue weighted by atomic mass is 10.1. The second-order valence-electron chi connectivity index (χ2n) is 3.63. The number of aliphatic hydroxyl groups is 1. The van der Waals surface area contributed by atoms with Gasteiger partial charge in [-0.3, -0.25) is 4.79 Å². The first kappa shape index (κ1) is 9.92. The fraction of sp³-hybridized carbons (Fsp3) is 0.400. The van der Waals surface area contributed by atoms with Crippen molar-refractivity contribution < 1.29 is 9.90 Å². The maximum Gasteiger partial charge on any atom is 0.229 e. The molecule has 2 heterocycles. The molecule has 0 aromatic carbocycles. The lowest BCUT2D eigenvalue weighted by molar-refractivity contribution is -0.122. The van der Waals surface area contributed by atoms with Gasteiger partial charge in [0.2, 0.25) is 5.91 Å². The number of hydrogen-bond donors (Lipinski definition) is 2. The Morgan fingerprint density at radius 1 is 1.53 bits per heavy atom. The van der Waals surface area contributed by atoms with Crippen molar-refractivity contribution in [3.63, 3.8) is 0 Å². The molecule has 80 valence electrons. The van der Waals surface area contributed by atoms with Crippen LogP contribution in [0.15, 0.2) is 18.3 Å². The normalized spacial score (nSPS) is 21.8. The van der Waals surface area contributed by atoms with Crippen LogP contribution in [0.5, 0.6) is 0 Å². The Hall–Kier alpha value is -1.62. The summed E-state index contributed by atoms with van der Waals surface area (Å²) in [6, 6.07) is 3.42. The second kappa shape index (κ2) is 3.86. The molecule has 2 rings (SSSR count). The zero-order valence-corrected chi connectivity index (χ0v) is 8.26. The fourth-order valence-electron chi connectivity index (χ4n) is 1.65. The van der Waals surface area contributed by atoms with Crippen molar-refractivity contribution in [3.8, 4) is 0 Å². The van der Waals surface area contributed by atoms with E-state index in [1.807, 2.05) is 0 Å². The van der Waals surface area contributed by atoms with Gasteiger partial charge < -0.3 is 15.7 Å². The molecule has 1 saturated heterocycles. The molecular formula is C10H13N3O2. The first-order valence-corrected chi connectivity index (χ1v) is 4.87. The summed E-state index contributed by atoms with van der Waals surface area (Å²) in [5.74, 6) is 0.364. The predicted molar refractivity (Wildman–Crippen MR) is 56.2 cm³/mol. The van der Waals surface area contributed by atoms with Gasteiger partial charge in [0.05, 0.1) is 24.4 Å². The molecule has 0 bridgehead atoms. The SMILES string of the molecule is Nc1ccc(N2CCC(O)CC2=O)cn1. The molecule has 1 amide bonds. The van der Waals surface area contributed by atoms with Crippen molar-refractivity contribution in [2.75, 3.05) is 17.2 Å². The van der Waals surface area contributed by atoms with Crippen LogP contribution in [0.25, 0.3) is 0 Å². The zero-order valence-electron chi connectivity index (χ0n) is 8.26. The van der Waals surface area contributed by atoms with Gasteiger partial charge in [-0.25, -0.2) is 4.98 Å². The molecule has 1 unspecified atom stereocenters. The number of nitrogens with zero attached hydrogens (tertiary/aromatic N) is 2. The number of carbonyl (C=O) groups is 1. The molecule has 1 aliphatic heterocycles. The summed E-state index contributed by atoms with van der Waals surface area (Å²) in [4.78, 5) is 17.2. The molecule has 1 aliphatic rings. The number of rotatable bonds is 1. The molecule has 0 radical (unpaired) electrons. The number of piperidine rings is 1. The highest BCUT2D eigenvalue weighted by molar-refractivity contribution is 5.94. The Morgan fingerprint density at radius 3 is 2.93 bits per heavy atom. The first-order valence-electron chi connectivity index (χ1n) is 4.87. The second-order valence-corrected chi connectivity index (χ2v) is 3.63. The quantitative estimate of drug-likeness (QED) is 0.687. The lowest BCUT2D eigenvalue weighted by Crippen LogP contribution is -2.40. The molecule has 1 atom stereocenters. The number of hydrogen-bond acceptors (Lipinski definition) is 4. The van der Waals surface area contributed by atoms with Crippen LogP contribution < -0.4 is 10.6 Å². The van der Waals surface area contributed by atoms with Gasteiger partial charge in [0.15, 0.2) is 0 Å². The van der Waals surface area contributed by atoms with Crippen LogP contribution in [0.3, 0.4) is 0 Å². The zero-order chi connectivity index (χ0) is 10.8. The van der Waals surface area contributed by atoms with Gasteiger partial charge in [-0.1, -0.05) is 0 Å². The van der Waals surface area contributed by atoms with Gasteiger partial charge >= 0.3 is 0 Å². The van der Waals surface area contributed by atoms with Gasteiger partial charge in [-0.15, -0.1) is 0 Å². The van der Waals surface area contributed by atoms with E-state index in [0.717, 1.165) is 5.69 Å². The van der Waals surface area contributed by atoms with E-state index in [9.17, 15) is 9.90 Å². The number of aromatic nitrogens is 1. The third kappa shape index (κ3) is 2.07. The van der Waals surface area contributed by atoms with Crippen LogP contribution in [0.1, 0.15) is 12.8 Å². The van der Waals surface area contributed by atoms with Crippen LogP contribution in [-0.4, -0.2) is 28.6 Å². The molecule has 0 saturated carbocycles. The van der Waals surface area contributed by atoms with E-state index >= 15 is 0 Å². The van der Waals surface area contributed by atoms with Crippen LogP contribution in [-0.2, 0) is 4.79 Å². The highest BCUT2D eigenvalue weighted by atomic mass is 16.3. The van der Waals surface area contributed by atoms with Gasteiger partial charge in [0.1, 0.15) is 5.82 Å². The number of aliphatic hydroxyl groups excluding tert-OH is 1. The van der Waals surface area contributed by atoms with Crippen molar-refractivity contribution >= 4 is 17.4 Å². The molecule has 3 N–H and O–H groups in total. The Balaban J connectivity index is 2.17. The lowest BCUT2D eigenvalue weighted by Gasteiger charge is -2.29. The van der Waals surface area contributed by atoms with Crippen LogP contribution in [0, 0.1) is 0 Å². The van der Waals surface area contributed by atoms with Gasteiger partial charge in [0, 0.05) is 6.54 Å². The van der Waals surface area contributed by atoms with Gasteiger partial charge in [-0.2, -0.15) is 0 Å². The monoisotopic (exact) mass is 207 g/mol. The summed E-state index contributed by atoms with van der Waals surface area (Å²) in [6.45, 7) is 0.533. The average Bonchev–Trinajstić information content (AvgIpc) is 2.20. The van der Waals surface area contributed by atoms with E-state index in [-0.39, 0.29) is 12.3 Å². The summed E-state index contributed by atoms with van der Waals surface area (Å²) >= 11 is 0. The molecule has 0 spiro atoms. The summed E-state index contributed by atoms with van der Waals surface area (Å²) in [5.41, 5.74) is 6.20. The summed E-state index contributed by atoms with van der Waals surface area (Å²) < 4.78 is 0. The van der Waals surface area contributed by atoms with Crippen molar-refractivity contribution in [3.05, 3.63) is 18.3 Å². The standard InChI is InChI=1S/C10H13N3O2/c11-9-2-1-7(6-12-9)13-4-3-8(14)5-10(13)15/h1-2,6,8,14H,3-5H2,(H2,11,12). The highest BCUT2D eigenvalue weighted by Gasteiger charge is 2.25. The molecule has 1 fully saturated rings. The Morgan fingerprint density at radius 2 is 2.33 bits per heavy atom. The summed E-state index contributed by atoms with van der Waals surface area (Å²) in [7, 11) is 0. The highest BCUT2D eigenvalue weighted by Crippen LogP contribution is 2.20. The van der Waals surface area contributed by atoms with E-state index in [2.05, 4.69) is 4.98 Å². The number of carbonyl (C=O) groups excluding carboxylic acids is 1. The minimum atomic E-state index is -0.504. The van der Waals surface area contributed by atoms with E-state index < -0.39 is 6.10 Å².